The molecule has 0 aromatic heterocycles. The number of hydrazine groups is 1. The van der Waals surface area contributed by atoms with Gasteiger partial charge in [0.2, 0.25) is 5.91 Å². The maximum atomic E-state index is 12.9. The van der Waals surface area contributed by atoms with Crippen LogP contribution in [-0.4, -0.2) is 16.7 Å². The molecule has 3 rings (SSSR count). The molecule has 0 aliphatic carbocycles. The minimum absolute atomic E-state index is 0.121. The van der Waals surface area contributed by atoms with Crippen LogP contribution < -0.4 is 10.9 Å². The quantitative estimate of drug-likeness (QED) is 0.515. The van der Waals surface area contributed by atoms with Gasteiger partial charge in [0.15, 0.2) is 0 Å². The largest absolute Gasteiger partial charge is 0.273 e. The van der Waals surface area contributed by atoms with E-state index in [1.54, 1.807) is 0 Å². The van der Waals surface area contributed by atoms with E-state index in [4.69, 9.17) is 0 Å². The number of carbonyl (C=O) groups is 2. The molecule has 0 aliphatic heterocycles. The van der Waals surface area contributed by atoms with Crippen molar-refractivity contribution >= 4 is 17.5 Å². The van der Waals surface area contributed by atoms with E-state index in [9.17, 15) is 19.7 Å². The minimum atomic E-state index is -0.626. The molecule has 29 heavy (non-hydrogen) atoms. The van der Waals surface area contributed by atoms with Crippen LogP contribution in [0.3, 0.4) is 0 Å². The van der Waals surface area contributed by atoms with Crippen LogP contribution >= 0.6 is 0 Å². The van der Waals surface area contributed by atoms with Gasteiger partial charge in [-0.3, -0.25) is 30.6 Å². The number of rotatable bonds is 5. The number of hydrogen-bond donors (Lipinski definition) is 2. The number of amides is 2. The monoisotopic (exact) mass is 389 g/mol. The zero-order valence-corrected chi connectivity index (χ0v) is 15.7. The van der Waals surface area contributed by atoms with Crippen LogP contribution in [0.5, 0.6) is 0 Å². The smallest absolute Gasteiger partial charge is 0.272 e. The van der Waals surface area contributed by atoms with Crippen molar-refractivity contribution in [3.63, 3.8) is 0 Å². The Morgan fingerprint density at radius 1 is 0.828 bits per heavy atom. The molecular formula is C22H19N3O4. The van der Waals surface area contributed by atoms with Gasteiger partial charge in [0.1, 0.15) is 0 Å². The Balaban J connectivity index is 1.80. The van der Waals surface area contributed by atoms with Gasteiger partial charge in [-0.25, -0.2) is 0 Å². The number of nitrogens with one attached hydrogen (secondary N) is 2. The average molecular weight is 389 g/mol. The van der Waals surface area contributed by atoms with Crippen molar-refractivity contribution in [2.24, 2.45) is 0 Å². The summed E-state index contributed by atoms with van der Waals surface area (Å²) in [6.45, 7) is 1.49. The highest BCUT2D eigenvalue weighted by molar-refractivity contribution is 5.98. The first-order chi connectivity index (χ1) is 14.0. The summed E-state index contributed by atoms with van der Waals surface area (Å²) in [5.41, 5.74) is 6.55. The molecule has 2 amide bonds. The molecule has 7 nitrogen and oxygen atoms in total. The van der Waals surface area contributed by atoms with Gasteiger partial charge >= 0.3 is 0 Å². The molecular weight excluding hydrogens is 370 g/mol. The van der Waals surface area contributed by atoms with Gasteiger partial charge in [-0.2, -0.15) is 0 Å². The molecule has 3 aromatic carbocycles. The molecule has 0 unspecified atom stereocenters. The van der Waals surface area contributed by atoms with Crippen molar-refractivity contribution < 1.29 is 14.5 Å². The summed E-state index contributed by atoms with van der Waals surface area (Å²) in [5, 5.41) is 11.1. The van der Waals surface area contributed by atoms with Gasteiger partial charge in [-0.15, -0.1) is 0 Å². The van der Waals surface area contributed by atoms with E-state index < -0.39 is 22.7 Å². The lowest BCUT2D eigenvalue weighted by Crippen LogP contribution is -2.44. The zero-order valence-electron chi connectivity index (χ0n) is 15.7. The first-order valence-corrected chi connectivity index (χ1v) is 8.93. The molecule has 0 bridgehead atoms. The Hall–Kier alpha value is -4.00. The maximum absolute atomic E-state index is 12.9. The number of benzene rings is 3. The van der Waals surface area contributed by atoms with Gasteiger partial charge in [0.05, 0.1) is 16.4 Å². The Kier molecular flexibility index (Phi) is 5.99. The molecule has 0 spiro atoms. The number of hydrogen-bond acceptors (Lipinski definition) is 4. The van der Waals surface area contributed by atoms with Crippen LogP contribution in [-0.2, 0) is 4.79 Å². The van der Waals surface area contributed by atoms with E-state index in [-0.39, 0.29) is 16.8 Å². The summed E-state index contributed by atoms with van der Waals surface area (Å²) in [6.07, 6.45) is 0. The number of nitro groups is 1. The fourth-order valence-electron chi connectivity index (χ4n) is 3.11. The molecule has 3 aromatic rings. The van der Waals surface area contributed by atoms with Crippen molar-refractivity contribution in [1.82, 2.24) is 10.9 Å². The van der Waals surface area contributed by atoms with Crippen LogP contribution in [0.2, 0.25) is 0 Å². The van der Waals surface area contributed by atoms with E-state index in [0.29, 0.717) is 0 Å². The molecule has 0 saturated carbocycles. The Bertz CT molecular complexity index is 997. The van der Waals surface area contributed by atoms with Crippen molar-refractivity contribution in [2.75, 3.05) is 0 Å². The third-order valence-electron chi connectivity index (χ3n) is 4.57. The predicted molar refractivity (Wildman–Crippen MR) is 108 cm³/mol. The number of nitro benzene ring substituents is 1. The van der Waals surface area contributed by atoms with Gasteiger partial charge in [0, 0.05) is 11.6 Å². The van der Waals surface area contributed by atoms with Crippen molar-refractivity contribution in [3.8, 4) is 0 Å². The Labute approximate surface area is 167 Å². The zero-order chi connectivity index (χ0) is 20.8. The lowest BCUT2D eigenvalue weighted by Gasteiger charge is -2.18. The van der Waals surface area contributed by atoms with E-state index in [0.717, 1.165) is 11.1 Å². The Morgan fingerprint density at radius 2 is 1.38 bits per heavy atom. The predicted octanol–water partition coefficient (Wildman–Crippen LogP) is 3.50. The summed E-state index contributed by atoms with van der Waals surface area (Å²) in [5.74, 6) is -1.66. The summed E-state index contributed by atoms with van der Waals surface area (Å²) >= 11 is 0. The third kappa shape index (κ3) is 4.47. The topological polar surface area (TPSA) is 101 Å². The first kappa shape index (κ1) is 19.8. The van der Waals surface area contributed by atoms with Crippen molar-refractivity contribution in [2.45, 2.75) is 12.8 Å². The van der Waals surface area contributed by atoms with Gasteiger partial charge < -0.3 is 0 Å². The average Bonchev–Trinajstić information content (AvgIpc) is 2.73. The molecule has 0 atom stereocenters. The highest BCUT2D eigenvalue weighted by Gasteiger charge is 2.24. The normalized spacial score (nSPS) is 10.4. The van der Waals surface area contributed by atoms with Crippen molar-refractivity contribution in [3.05, 3.63) is 111 Å². The van der Waals surface area contributed by atoms with E-state index in [1.807, 2.05) is 60.7 Å². The van der Waals surface area contributed by atoms with Crippen LogP contribution in [0.4, 0.5) is 5.69 Å². The lowest BCUT2D eigenvalue weighted by atomic mass is 9.91. The van der Waals surface area contributed by atoms with Crippen molar-refractivity contribution in [1.29, 1.82) is 0 Å². The van der Waals surface area contributed by atoms with Gasteiger partial charge in [0.25, 0.3) is 11.6 Å². The summed E-state index contributed by atoms with van der Waals surface area (Å²) in [6, 6.07) is 22.6. The lowest BCUT2D eigenvalue weighted by molar-refractivity contribution is -0.385. The van der Waals surface area contributed by atoms with Gasteiger partial charge in [-0.1, -0.05) is 66.7 Å². The standard InChI is InChI=1S/C22H19N3O4/c1-15-18(13-8-14-19(15)25(28)29)21(26)23-24-22(27)20(16-9-4-2-5-10-16)17-11-6-3-7-12-17/h2-14,20H,1H3,(H,23,26)(H,24,27). The molecule has 0 saturated heterocycles. The van der Waals surface area contributed by atoms with Crippen LogP contribution in [0.1, 0.15) is 33.0 Å². The minimum Gasteiger partial charge on any atom is -0.272 e. The molecule has 2 N–H and O–H groups in total. The summed E-state index contributed by atoms with van der Waals surface area (Å²) in [7, 11) is 0. The number of nitrogens with zero attached hydrogens (tertiary/aromatic N) is 1. The fraction of sp³-hybridized carbons (Fsp3) is 0.0909. The summed E-state index contributed by atoms with van der Waals surface area (Å²) in [4.78, 5) is 35.9. The highest BCUT2D eigenvalue weighted by Crippen LogP contribution is 2.25. The molecule has 0 fully saturated rings. The van der Waals surface area contributed by atoms with Crippen LogP contribution in [0.25, 0.3) is 0 Å². The Morgan fingerprint density at radius 3 is 1.90 bits per heavy atom. The van der Waals surface area contributed by atoms with E-state index >= 15 is 0 Å². The third-order valence-corrected chi connectivity index (χ3v) is 4.57. The molecule has 146 valence electrons. The van der Waals surface area contributed by atoms with Gasteiger partial charge in [-0.05, 0) is 24.1 Å². The second-order valence-corrected chi connectivity index (χ2v) is 6.40. The second kappa shape index (κ2) is 8.79. The molecule has 0 heterocycles. The fourth-order valence-corrected chi connectivity index (χ4v) is 3.11. The maximum Gasteiger partial charge on any atom is 0.273 e. The van der Waals surface area contributed by atoms with E-state index in [2.05, 4.69) is 10.9 Å². The summed E-state index contributed by atoms with van der Waals surface area (Å²) < 4.78 is 0. The molecule has 0 aliphatic rings. The van der Waals surface area contributed by atoms with Crippen LogP contribution in [0.15, 0.2) is 78.9 Å². The molecule has 7 heteroatoms. The SMILES string of the molecule is Cc1c(C(=O)NNC(=O)C(c2ccccc2)c2ccccc2)cccc1[N+](=O)[O-]. The number of carbonyl (C=O) groups excluding carboxylic acids is 2. The van der Waals surface area contributed by atoms with Crippen LogP contribution in [0, 0.1) is 17.0 Å². The first-order valence-electron chi connectivity index (χ1n) is 8.93. The highest BCUT2D eigenvalue weighted by atomic mass is 16.6. The van der Waals surface area contributed by atoms with E-state index in [1.165, 1.54) is 25.1 Å². The second-order valence-electron chi connectivity index (χ2n) is 6.40. The molecule has 0 radical (unpaired) electrons.